The zero-order chi connectivity index (χ0) is 13.2. The predicted octanol–water partition coefficient (Wildman–Crippen LogP) is 2.88. The van der Waals surface area contributed by atoms with E-state index in [0.717, 1.165) is 30.5 Å². The van der Waals surface area contributed by atoms with E-state index in [9.17, 15) is 4.39 Å². The lowest BCUT2D eigenvalue weighted by Gasteiger charge is -2.24. The van der Waals surface area contributed by atoms with Crippen LogP contribution in [0.3, 0.4) is 0 Å². The maximum atomic E-state index is 13.2. The SMILES string of the molecule is CNC1CCCc2nc(-c3cccc(F)c3)ncc21. The number of fused-ring (bicyclic) bond motifs is 1. The van der Waals surface area contributed by atoms with Crippen LogP contribution in [0.1, 0.15) is 30.1 Å². The fraction of sp³-hybridized carbons (Fsp3) is 0.333. The lowest BCUT2D eigenvalue weighted by Crippen LogP contribution is -2.22. The molecule has 0 aliphatic heterocycles. The summed E-state index contributed by atoms with van der Waals surface area (Å²) in [5.41, 5.74) is 2.99. The number of rotatable bonds is 2. The molecule has 1 aromatic carbocycles. The summed E-state index contributed by atoms with van der Waals surface area (Å²) in [5.74, 6) is 0.349. The predicted molar refractivity (Wildman–Crippen MR) is 72.2 cm³/mol. The van der Waals surface area contributed by atoms with Gasteiger partial charge in [0, 0.05) is 29.1 Å². The Morgan fingerprint density at radius 3 is 3.05 bits per heavy atom. The van der Waals surface area contributed by atoms with Crippen molar-refractivity contribution >= 4 is 0 Å². The van der Waals surface area contributed by atoms with E-state index in [-0.39, 0.29) is 5.82 Å². The molecule has 0 amide bonds. The lowest BCUT2D eigenvalue weighted by molar-refractivity contribution is 0.488. The molecule has 1 aliphatic rings. The Bertz CT molecular complexity index is 598. The van der Waals surface area contributed by atoms with Gasteiger partial charge in [0.15, 0.2) is 5.82 Å². The van der Waals surface area contributed by atoms with Crippen molar-refractivity contribution in [1.82, 2.24) is 15.3 Å². The van der Waals surface area contributed by atoms with Crippen LogP contribution in [0.25, 0.3) is 11.4 Å². The molecule has 98 valence electrons. The highest BCUT2D eigenvalue weighted by molar-refractivity contribution is 5.55. The minimum absolute atomic E-state index is 0.257. The monoisotopic (exact) mass is 257 g/mol. The van der Waals surface area contributed by atoms with Crippen LogP contribution in [-0.4, -0.2) is 17.0 Å². The van der Waals surface area contributed by atoms with E-state index in [4.69, 9.17) is 0 Å². The van der Waals surface area contributed by atoms with Crippen molar-refractivity contribution in [3.05, 3.63) is 47.5 Å². The van der Waals surface area contributed by atoms with E-state index in [1.165, 1.54) is 17.7 Å². The summed E-state index contributed by atoms with van der Waals surface area (Å²) in [6.07, 6.45) is 5.09. The number of nitrogens with zero attached hydrogens (tertiary/aromatic N) is 2. The van der Waals surface area contributed by atoms with Gasteiger partial charge in [0.05, 0.1) is 0 Å². The minimum atomic E-state index is -0.257. The molecule has 0 fully saturated rings. The normalized spacial score (nSPS) is 18.1. The van der Waals surface area contributed by atoms with Crippen molar-refractivity contribution in [2.45, 2.75) is 25.3 Å². The molecule has 1 aliphatic carbocycles. The first kappa shape index (κ1) is 12.2. The molecular weight excluding hydrogens is 241 g/mol. The van der Waals surface area contributed by atoms with Gasteiger partial charge < -0.3 is 5.32 Å². The van der Waals surface area contributed by atoms with Gasteiger partial charge in [-0.15, -0.1) is 0 Å². The van der Waals surface area contributed by atoms with Crippen LogP contribution >= 0.6 is 0 Å². The van der Waals surface area contributed by atoms with Crippen molar-refractivity contribution in [3.63, 3.8) is 0 Å². The summed E-state index contributed by atoms with van der Waals surface area (Å²) in [6.45, 7) is 0. The maximum Gasteiger partial charge on any atom is 0.159 e. The number of aromatic nitrogens is 2. The first-order chi connectivity index (χ1) is 9.28. The Morgan fingerprint density at radius 2 is 2.26 bits per heavy atom. The molecule has 1 unspecified atom stereocenters. The van der Waals surface area contributed by atoms with Crippen molar-refractivity contribution in [2.24, 2.45) is 0 Å². The molecule has 0 radical (unpaired) electrons. The smallest absolute Gasteiger partial charge is 0.159 e. The van der Waals surface area contributed by atoms with E-state index >= 15 is 0 Å². The second-order valence-electron chi connectivity index (χ2n) is 4.84. The molecule has 1 aromatic heterocycles. The van der Waals surface area contributed by atoms with Gasteiger partial charge in [-0.1, -0.05) is 12.1 Å². The van der Waals surface area contributed by atoms with Crippen LogP contribution < -0.4 is 5.32 Å². The summed E-state index contributed by atoms with van der Waals surface area (Å²) in [4.78, 5) is 8.99. The number of hydrogen-bond acceptors (Lipinski definition) is 3. The fourth-order valence-corrected chi connectivity index (χ4v) is 2.61. The number of hydrogen-bond donors (Lipinski definition) is 1. The van der Waals surface area contributed by atoms with Gasteiger partial charge in [-0.3, -0.25) is 0 Å². The van der Waals surface area contributed by atoms with Crippen molar-refractivity contribution in [2.75, 3.05) is 7.05 Å². The van der Waals surface area contributed by atoms with Gasteiger partial charge in [0.25, 0.3) is 0 Å². The molecule has 0 spiro atoms. The van der Waals surface area contributed by atoms with Gasteiger partial charge in [-0.25, -0.2) is 14.4 Å². The Kier molecular flexibility index (Phi) is 3.25. The molecule has 19 heavy (non-hydrogen) atoms. The highest BCUT2D eigenvalue weighted by atomic mass is 19.1. The van der Waals surface area contributed by atoms with Gasteiger partial charge in [-0.05, 0) is 38.4 Å². The Hall–Kier alpha value is -1.81. The molecule has 1 N–H and O–H groups in total. The van der Waals surface area contributed by atoms with E-state index in [1.807, 2.05) is 19.3 Å². The second-order valence-corrected chi connectivity index (χ2v) is 4.84. The summed E-state index contributed by atoms with van der Waals surface area (Å²) in [6, 6.07) is 6.76. The molecule has 0 saturated heterocycles. The first-order valence-electron chi connectivity index (χ1n) is 6.57. The number of benzene rings is 1. The molecule has 1 atom stereocenters. The summed E-state index contributed by atoms with van der Waals surface area (Å²) >= 11 is 0. The van der Waals surface area contributed by atoms with E-state index in [0.29, 0.717) is 11.9 Å². The van der Waals surface area contributed by atoms with Crippen LogP contribution in [0.15, 0.2) is 30.5 Å². The van der Waals surface area contributed by atoms with E-state index in [2.05, 4.69) is 15.3 Å². The fourth-order valence-electron chi connectivity index (χ4n) is 2.61. The molecule has 0 saturated carbocycles. The molecule has 3 rings (SSSR count). The van der Waals surface area contributed by atoms with Gasteiger partial charge in [0.2, 0.25) is 0 Å². The van der Waals surface area contributed by atoms with Crippen LogP contribution in [-0.2, 0) is 6.42 Å². The zero-order valence-electron chi connectivity index (χ0n) is 10.9. The maximum absolute atomic E-state index is 13.2. The van der Waals surface area contributed by atoms with E-state index in [1.54, 1.807) is 6.07 Å². The van der Waals surface area contributed by atoms with Crippen LogP contribution in [0.4, 0.5) is 4.39 Å². The molecule has 4 heteroatoms. The Morgan fingerprint density at radius 1 is 1.37 bits per heavy atom. The Balaban J connectivity index is 2.02. The lowest BCUT2D eigenvalue weighted by atomic mass is 9.92. The highest BCUT2D eigenvalue weighted by Gasteiger charge is 2.20. The minimum Gasteiger partial charge on any atom is -0.313 e. The van der Waals surface area contributed by atoms with E-state index < -0.39 is 0 Å². The third-order valence-electron chi connectivity index (χ3n) is 3.61. The largest absolute Gasteiger partial charge is 0.313 e. The van der Waals surface area contributed by atoms with Crippen molar-refractivity contribution in [3.8, 4) is 11.4 Å². The molecule has 0 bridgehead atoms. The average Bonchev–Trinajstić information content (AvgIpc) is 2.46. The molecule has 3 nitrogen and oxygen atoms in total. The summed E-state index contributed by atoms with van der Waals surface area (Å²) in [7, 11) is 1.96. The molecule has 1 heterocycles. The average molecular weight is 257 g/mol. The van der Waals surface area contributed by atoms with Crippen LogP contribution in [0.5, 0.6) is 0 Å². The van der Waals surface area contributed by atoms with Crippen molar-refractivity contribution < 1.29 is 4.39 Å². The summed E-state index contributed by atoms with van der Waals surface area (Å²) < 4.78 is 13.2. The topological polar surface area (TPSA) is 37.8 Å². The quantitative estimate of drug-likeness (QED) is 0.899. The summed E-state index contributed by atoms with van der Waals surface area (Å²) in [5, 5.41) is 3.29. The first-order valence-corrected chi connectivity index (χ1v) is 6.57. The van der Waals surface area contributed by atoms with Crippen LogP contribution in [0, 0.1) is 5.82 Å². The molecule has 2 aromatic rings. The standard InChI is InChI=1S/C15H16FN3/c1-17-13-6-3-7-14-12(13)9-18-15(19-14)10-4-2-5-11(16)8-10/h2,4-5,8-9,13,17H,3,6-7H2,1H3. The van der Waals surface area contributed by atoms with Gasteiger partial charge >= 0.3 is 0 Å². The van der Waals surface area contributed by atoms with Crippen molar-refractivity contribution in [1.29, 1.82) is 0 Å². The highest BCUT2D eigenvalue weighted by Crippen LogP contribution is 2.29. The third-order valence-corrected chi connectivity index (χ3v) is 3.61. The molecular formula is C15H16FN3. The number of nitrogens with one attached hydrogen (secondary N) is 1. The number of halogens is 1. The number of aryl methyl sites for hydroxylation is 1. The zero-order valence-corrected chi connectivity index (χ0v) is 10.9. The van der Waals surface area contributed by atoms with Gasteiger partial charge in [-0.2, -0.15) is 0 Å². The third kappa shape index (κ3) is 2.36. The second kappa shape index (κ2) is 5.05. The Labute approximate surface area is 111 Å². The van der Waals surface area contributed by atoms with Gasteiger partial charge in [0.1, 0.15) is 5.82 Å². The van der Waals surface area contributed by atoms with Crippen LogP contribution in [0.2, 0.25) is 0 Å².